The molecule has 0 aromatic carbocycles. The van der Waals surface area contributed by atoms with Gasteiger partial charge in [0.1, 0.15) is 0 Å². The van der Waals surface area contributed by atoms with Crippen molar-refractivity contribution in [3.8, 4) is 0 Å². The van der Waals surface area contributed by atoms with Crippen molar-refractivity contribution in [3.05, 3.63) is 0 Å². The summed E-state index contributed by atoms with van der Waals surface area (Å²) in [4.78, 5) is 9.25. The topological polar surface area (TPSA) is 40.1 Å². The fourth-order valence-electron chi connectivity index (χ4n) is 0. The van der Waals surface area contributed by atoms with E-state index in [2.05, 4.69) is 0 Å². The van der Waals surface area contributed by atoms with E-state index >= 15 is 0 Å². The number of carboxylic acid groups (broad SMARTS) is 1. The smallest absolute Gasteiger partial charge is 0.549 e. The molecular formula is C2H2AgIO2. The van der Waals surface area contributed by atoms with Gasteiger partial charge in [0, 0.05) is 4.43 Å². The van der Waals surface area contributed by atoms with Crippen LogP contribution in [0.5, 0.6) is 0 Å². The zero-order chi connectivity index (χ0) is 4.28. The summed E-state index contributed by atoms with van der Waals surface area (Å²) in [6.07, 6.45) is 0. The molecule has 0 unspecified atom stereocenters. The maximum Gasteiger partial charge on any atom is 1.00 e. The molecule has 0 bridgehead atoms. The summed E-state index contributed by atoms with van der Waals surface area (Å²) in [5, 5.41) is 9.25. The Kier molecular flexibility index (Phi) is 9.93. The number of hydrogen-bond acceptors (Lipinski definition) is 2. The second-order valence-electron chi connectivity index (χ2n) is 0.506. The normalized spacial score (nSPS) is 6.17. The first kappa shape index (κ1) is 10.0. The first-order valence-electron chi connectivity index (χ1n) is 1.03. The summed E-state index contributed by atoms with van der Waals surface area (Å²) in [6.45, 7) is 0. The van der Waals surface area contributed by atoms with E-state index in [-0.39, 0.29) is 26.8 Å². The molecule has 0 radical (unpaired) electrons. The monoisotopic (exact) mass is 292 g/mol. The molecule has 40 valence electrons. The van der Waals surface area contributed by atoms with Crippen LogP contribution in [-0.4, -0.2) is 10.4 Å². The number of rotatable bonds is 1. The number of halogens is 1. The standard InChI is InChI=1S/C2H3IO2.Ag/c3-1-2(4)5;/h1H2,(H,4,5);/q;+1/p-1. The fourth-order valence-corrected chi connectivity index (χ4v) is 0. The van der Waals surface area contributed by atoms with Gasteiger partial charge in [-0.3, -0.25) is 0 Å². The maximum atomic E-state index is 9.25. The van der Waals surface area contributed by atoms with Gasteiger partial charge in [-0.05, 0) is 0 Å². The van der Waals surface area contributed by atoms with Crippen LogP contribution in [0, 0.1) is 0 Å². The summed E-state index contributed by atoms with van der Waals surface area (Å²) >= 11 is 1.72. The molecular weight excluding hydrogens is 291 g/mol. The first-order valence-corrected chi connectivity index (χ1v) is 2.55. The zero-order valence-corrected chi connectivity index (χ0v) is 6.34. The van der Waals surface area contributed by atoms with Crippen LogP contribution < -0.4 is 5.11 Å². The van der Waals surface area contributed by atoms with Gasteiger partial charge in [-0.25, -0.2) is 0 Å². The van der Waals surface area contributed by atoms with E-state index in [9.17, 15) is 9.90 Å². The van der Waals surface area contributed by atoms with Crippen molar-refractivity contribution in [2.45, 2.75) is 0 Å². The second kappa shape index (κ2) is 5.94. The van der Waals surface area contributed by atoms with Crippen molar-refractivity contribution in [2.75, 3.05) is 4.43 Å². The Morgan fingerprint density at radius 3 is 2.00 bits per heavy atom. The van der Waals surface area contributed by atoms with Gasteiger partial charge < -0.3 is 9.90 Å². The molecule has 0 atom stereocenters. The Balaban J connectivity index is 0. The Morgan fingerprint density at radius 1 is 1.83 bits per heavy atom. The van der Waals surface area contributed by atoms with E-state index in [1.807, 2.05) is 0 Å². The predicted octanol–water partition coefficient (Wildman–Crippen LogP) is -0.831. The number of aliphatic carboxylic acids is 1. The van der Waals surface area contributed by atoms with E-state index in [1.54, 1.807) is 22.6 Å². The summed E-state index contributed by atoms with van der Waals surface area (Å²) in [7, 11) is 0. The van der Waals surface area contributed by atoms with Crippen molar-refractivity contribution in [1.82, 2.24) is 0 Å². The van der Waals surface area contributed by atoms with Crippen LogP contribution in [0.2, 0.25) is 0 Å². The molecule has 0 aliphatic rings. The summed E-state index contributed by atoms with van der Waals surface area (Å²) in [5.41, 5.74) is 0. The van der Waals surface area contributed by atoms with Gasteiger partial charge in [-0.2, -0.15) is 0 Å². The Hall–Kier alpha value is 0.940. The van der Waals surface area contributed by atoms with Crippen LogP contribution in [0.4, 0.5) is 0 Å². The molecule has 4 heteroatoms. The molecule has 0 heterocycles. The maximum absolute atomic E-state index is 9.25. The Bertz CT molecular complexity index is 46.8. The number of carbonyl (C=O) groups excluding carboxylic acids is 1. The molecule has 0 N–H and O–H groups in total. The molecule has 0 fully saturated rings. The number of carbonyl (C=O) groups is 1. The number of alkyl halides is 1. The minimum atomic E-state index is -1.01. The third-order valence-corrected chi connectivity index (χ3v) is 0.732. The summed E-state index contributed by atoms with van der Waals surface area (Å²) < 4.78 is 0.0811. The van der Waals surface area contributed by atoms with Gasteiger partial charge in [0.2, 0.25) is 0 Å². The molecule has 0 aromatic rings. The molecule has 0 amide bonds. The van der Waals surface area contributed by atoms with Crippen LogP contribution >= 0.6 is 22.6 Å². The minimum Gasteiger partial charge on any atom is -0.549 e. The largest absolute Gasteiger partial charge is 1.00 e. The van der Waals surface area contributed by atoms with Gasteiger partial charge in [0.15, 0.2) is 0 Å². The Labute approximate surface area is 65.0 Å². The van der Waals surface area contributed by atoms with Crippen molar-refractivity contribution >= 4 is 28.6 Å². The number of carboxylic acids is 1. The zero-order valence-electron chi connectivity index (χ0n) is 2.70. The quantitative estimate of drug-likeness (QED) is 0.360. The average Bonchev–Trinajstić information content (AvgIpc) is 1.38. The second-order valence-corrected chi connectivity index (χ2v) is 1.27. The molecule has 0 saturated carbocycles. The van der Waals surface area contributed by atoms with E-state index in [4.69, 9.17) is 0 Å². The van der Waals surface area contributed by atoms with E-state index in [1.165, 1.54) is 0 Å². The van der Waals surface area contributed by atoms with E-state index < -0.39 is 5.97 Å². The van der Waals surface area contributed by atoms with Gasteiger partial charge in [-0.15, -0.1) is 0 Å². The van der Waals surface area contributed by atoms with Crippen LogP contribution in [0.15, 0.2) is 0 Å². The summed E-state index contributed by atoms with van der Waals surface area (Å²) in [5.74, 6) is -1.01. The van der Waals surface area contributed by atoms with Gasteiger partial charge >= 0.3 is 22.4 Å². The van der Waals surface area contributed by atoms with E-state index in [0.717, 1.165) is 0 Å². The van der Waals surface area contributed by atoms with Crippen LogP contribution in [0.25, 0.3) is 0 Å². The third kappa shape index (κ3) is 8.87. The summed E-state index contributed by atoms with van der Waals surface area (Å²) in [6, 6.07) is 0. The molecule has 0 aliphatic carbocycles. The van der Waals surface area contributed by atoms with Crippen molar-refractivity contribution < 1.29 is 32.3 Å². The molecule has 0 aliphatic heterocycles. The average molecular weight is 293 g/mol. The van der Waals surface area contributed by atoms with Crippen molar-refractivity contribution in [2.24, 2.45) is 0 Å². The molecule has 6 heavy (non-hydrogen) atoms. The van der Waals surface area contributed by atoms with E-state index in [0.29, 0.717) is 0 Å². The third-order valence-electron chi connectivity index (χ3n) is 0.109. The SMILES string of the molecule is O=C([O-])CI.[Ag+]. The van der Waals surface area contributed by atoms with Gasteiger partial charge in [0.05, 0.1) is 5.97 Å². The minimum absolute atomic E-state index is 0. The van der Waals surface area contributed by atoms with Crippen LogP contribution in [0.3, 0.4) is 0 Å². The fraction of sp³-hybridized carbons (Fsp3) is 0.500. The molecule has 0 saturated heterocycles. The first-order chi connectivity index (χ1) is 2.27. The molecule has 2 nitrogen and oxygen atoms in total. The van der Waals surface area contributed by atoms with Crippen LogP contribution in [0.1, 0.15) is 0 Å². The molecule has 0 spiro atoms. The molecule has 0 rings (SSSR count). The van der Waals surface area contributed by atoms with Crippen molar-refractivity contribution in [1.29, 1.82) is 0 Å². The predicted molar refractivity (Wildman–Crippen MR) is 23.9 cm³/mol. The Morgan fingerprint density at radius 2 is 2.00 bits per heavy atom. The van der Waals surface area contributed by atoms with Crippen LogP contribution in [-0.2, 0) is 27.2 Å². The van der Waals surface area contributed by atoms with Gasteiger partial charge in [0.25, 0.3) is 0 Å². The van der Waals surface area contributed by atoms with Gasteiger partial charge in [-0.1, -0.05) is 22.6 Å². The number of hydrogen-bond donors (Lipinski definition) is 0. The molecule has 0 aromatic heterocycles. The van der Waals surface area contributed by atoms with Crippen molar-refractivity contribution in [3.63, 3.8) is 0 Å².